The normalized spacial score (nSPS) is 10.9. The Hall–Kier alpha value is -4.87. The molecule has 0 unspecified atom stereocenters. The molecule has 3 aromatic rings. The number of aryl methyl sites for hydroxylation is 2. The molecule has 0 atom stereocenters. The van der Waals surface area contributed by atoms with Crippen LogP contribution in [0.3, 0.4) is 0 Å². The van der Waals surface area contributed by atoms with E-state index in [2.05, 4.69) is 27.5 Å². The summed E-state index contributed by atoms with van der Waals surface area (Å²) in [6.45, 7) is 9.18. The zero-order valence-electron chi connectivity index (χ0n) is 23.2. The van der Waals surface area contributed by atoms with Gasteiger partial charge in [-0.1, -0.05) is 24.8 Å². The third kappa shape index (κ3) is 8.58. The van der Waals surface area contributed by atoms with E-state index in [1.807, 2.05) is 0 Å². The number of hydrogen-bond acceptors (Lipinski definition) is 7. The molecule has 0 aliphatic heterocycles. The molecular weight excluding hydrogens is 516 g/mol. The predicted octanol–water partition coefficient (Wildman–Crippen LogP) is 3.56. The highest BCUT2D eigenvalue weighted by Crippen LogP contribution is 2.16. The van der Waals surface area contributed by atoms with E-state index in [4.69, 9.17) is 9.47 Å². The van der Waals surface area contributed by atoms with Gasteiger partial charge in [0.2, 0.25) is 0 Å². The fourth-order valence-electron chi connectivity index (χ4n) is 3.66. The second kappa shape index (κ2) is 12.8. The number of hydrogen-bond donors (Lipinski definition) is 3. The minimum Gasteiger partial charge on any atom is -0.460 e. The molecule has 212 valence electrons. The van der Waals surface area contributed by atoms with E-state index in [1.165, 1.54) is 10.6 Å². The molecule has 0 saturated carbocycles. The number of benzene rings is 1. The number of imidazole rings is 1. The number of carbonyl (C=O) groups is 4. The lowest BCUT2D eigenvalue weighted by Gasteiger charge is -2.18. The third-order valence-corrected chi connectivity index (χ3v) is 5.36. The van der Waals surface area contributed by atoms with Crippen LogP contribution in [0.2, 0.25) is 0 Å². The van der Waals surface area contributed by atoms with Crippen LogP contribution in [0.4, 0.5) is 16.2 Å². The van der Waals surface area contributed by atoms with Crippen molar-refractivity contribution >= 4 is 35.3 Å². The van der Waals surface area contributed by atoms with E-state index in [-0.39, 0.29) is 31.3 Å². The first-order valence-corrected chi connectivity index (χ1v) is 12.5. The van der Waals surface area contributed by atoms with Crippen LogP contribution in [-0.2, 0) is 41.3 Å². The number of amides is 3. The van der Waals surface area contributed by atoms with Gasteiger partial charge in [0.1, 0.15) is 17.9 Å². The smallest absolute Gasteiger partial charge is 0.411 e. The standard InChI is InChI=1S/C28H34N6O6/c1-7-12-39-27(38)32-19-10-8-18(9-11-19)15-29-25(36)22-13-20(16-33(22)5)31-26(37)24-30-21(17-34(24)6)14-23(35)40-28(2,3)4/h7-11,13,16-17H,1,12,14-15H2,2-6H3,(H,29,36)(H,31,37)(H,32,38). The molecule has 40 heavy (non-hydrogen) atoms. The van der Waals surface area contributed by atoms with Crippen molar-refractivity contribution in [2.75, 3.05) is 17.2 Å². The Bertz CT molecular complexity index is 1400. The lowest BCUT2D eigenvalue weighted by Crippen LogP contribution is -2.25. The number of anilines is 2. The molecule has 0 aliphatic rings. The SMILES string of the molecule is C=CCOC(=O)Nc1ccc(CNC(=O)c2cc(NC(=O)c3nc(CC(=O)OC(C)(C)C)cn3C)cn2C)cc1. The number of nitrogens with one attached hydrogen (secondary N) is 3. The Morgan fingerprint density at radius 1 is 0.975 bits per heavy atom. The van der Waals surface area contributed by atoms with Crippen LogP contribution in [-0.4, -0.2) is 50.2 Å². The van der Waals surface area contributed by atoms with Gasteiger partial charge in [0.05, 0.1) is 17.8 Å². The van der Waals surface area contributed by atoms with Crippen molar-refractivity contribution in [2.24, 2.45) is 14.1 Å². The van der Waals surface area contributed by atoms with Crippen LogP contribution in [0, 0.1) is 0 Å². The molecule has 0 aliphatic carbocycles. The third-order valence-electron chi connectivity index (χ3n) is 5.36. The van der Waals surface area contributed by atoms with E-state index < -0.39 is 23.6 Å². The highest BCUT2D eigenvalue weighted by atomic mass is 16.6. The zero-order chi connectivity index (χ0) is 29.4. The van der Waals surface area contributed by atoms with Crippen molar-refractivity contribution in [3.8, 4) is 0 Å². The molecule has 1 aromatic carbocycles. The van der Waals surface area contributed by atoms with Crippen LogP contribution < -0.4 is 16.0 Å². The Balaban J connectivity index is 1.56. The fraction of sp³-hybridized carbons (Fsp3) is 0.321. The van der Waals surface area contributed by atoms with E-state index in [0.717, 1.165) is 5.56 Å². The molecule has 0 fully saturated rings. The average Bonchev–Trinajstić information content (AvgIpc) is 3.42. The number of ether oxygens (including phenoxy) is 2. The van der Waals surface area contributed by atoms with Crippen molar-refractivity contribution in [3.63, 3.8) is 0 Å². The van der Waals surface area contributed by atoms with Gasteiger partial charge in [0.15, 0.2) is 5.82 Å². The topological polar surface area (TPSA) is 146 Å². The summed E-state index contributed by atoms with van der Waals surface area (Å²) < 4.78 is 13.3. The summed E-state index contributed by atoms with van der Waals surface area (Å²) in [5.41, 5.74) is 1.91. The number of carbonyl (C=O) groups excluding carboxylic acids is 4. The van der Waals surface area contributed by atoms with Gasteiger partial charge in [-0.2, -0.15) is 0 Å². The van der Waals surface area contributed by atoms with Gasteiger partial charge >= 0.3 is 12.1 Å². The summed E-state index contributed by atoms with van der Waals surface area (Å²) in [6, 6.07) is 8.49. The summed E-state index contributed by atoms with van der Waals surface area (Å²) in [5, 5.41) is 8.16. The van der Waals surface area contributed by atoms with Crippen molar-refractivity contribution in [1.82, 2.24) is 19.4 Å². The molecule has 3 amide bonds. The van der Waals surface area contributed by atoms with E-state index in [9.17, 15) is 19.2 Å². The molecule has 2 heterocycles. The van der Waals surface area contributed by atoms with Gasteiger partial charge in [-0.3, -0.25) is 19.7 Å². The van der Waals surface area contributed by atoms with Crippen molar-refractivity contribution < 1.29 is 28.7 Å². The summed E-state index contributed by atoms with van der Waals surface area (Å²) >= 11 is 0. The minimum absolute atomic E-state index is 0.0600. The average molecular weight is 551 g/mol. The van der Waals surface area contributed by atoms with Crippen LogP contribution in [0.5, 0.6) is 0 Å². The molecule has 3 N–H and O–H groups in total. The molecule has 0 spiro atoms. The molecule has 0 bridgehead atoms. The number of nitrogens with zero attached hydrogens (tertiary/aromatic N) is 3. The minimum atomic E-state index is -0.617. The second-order valence-electron chi connectivity index (χ2n) is 10.0. The molecule has 0 saturated heterocycles. The lowest BCUT2D eigenvalue weighted by atomic mass is 10.2. The molecule has 2 aromatic heterocycles. The summed E-state index contributed by atoms with van der Waals surface area (Å²) in [4.78, 5) is 53.6. The fourth-order valence-corrected chi connectivity index (χ4v) is 3.66. The second-order valence-corrected chi connectivity index (χ2v) is 10.0. The van der Waals surface area contributed by atoms with Crippen molar-refractivity contribution in [1.29, 1.82) is 0 Å². The number of rotatable bonds is 10. The molecule has 0 radical (unpaired) electrons. The quantitative estimate of drug-likeness (QED) is 0.258. The maximum atomic E-state index is 12.9. The van der Waals surface area contributed by atoms with Crippen molar-refractivity contribution in [2.45, 2.75) is 39.3 Å². The van der Waals surface area contributed by atoms with Crippen LogP contribution in [0.1, 0.15) is 53.1 Å². The van der Waals surface area contributed by atoms with Crippen LogP contribution in [0.25, 0.3) is 0 Å². The Morgan fingerprint density at radius 3 is 2.33 bits per heavy atom. The maximum Gasteiger partial charge on any atom is 0.411 e. The van der Waals surface area contributed by atoms with Crippen molar-refractivity contribution in [3.05, 3.63) is 78.2 Å². The highest BCUT2D eigenvalue weighted by molar-refractivity contribution is 6.03. The van der Waals surface area contributed by atoms with Gasteiger partial charge in [0, 0.05) is 38.7 Å². The van der Waals surface area contributed by atoms with Gasteiger partial charge in [0.25, 0.3) is 11.8 Å². The van der Waals surface area contributed by atoms with Crippen LogP contribution in [0.15, 0.2) is 55.4 Å². The first-order chi connectivity index (χ1) is 18.8. The summed E-state index contributed by atoms with van der Waals surface area (Å²) in [5.74, 6) is -1.15. The molecule has 12 heteroatoms. The van der Waals surface area contributed by atoms with Gasteiger partial charge in [-0.15, -0.1) is 0 Å². The Kier molecular flexibility index (Phi) is 9.49. The molecular formula is C28H34N6O6. The van der Waals surface area contributed by atoms with E-state index >= 15 is 0 Å². The lowest BCUT2D eigenvalue weighted by molar-refractivity contribution is -0.154. The monoisotopic (exact) mass is 550 g/mol. The Labute approximate surface area is 232 Å². The zero-order valence-corrected chi connectivity index (χ0v) is 23.2. The largest absolute Gasteiger partial charge is 0.460 e. The maximum absolute atomic E-state index is 12.9. The van der Waals surface area contributed by atoms with Crippen LogP contribution >= 0.6 is 0 Å². The van der Waals surface area contributed by atoms with E-state index in [0.29, 0.717) is 22.8 Å². The predicted molar refractivity (Wildman–Crippen MR) is 149 cm³/mol. The highest BCUT2D eigenvalue weighted by Gasteiger charge is 2.21. The number of aromatic nitrogens is 3. The molecule has 12 nitrogen and oxygen atoms in total. The first kappa shape index (κ1) is 29.7. The molecule has 3 rings (SSSR count). The van der Waals surface area contributed by atoms with Gasteiger partial charge in [-0.25, -0.2) is 9.78 Å². The summed E-state index contributed by atoms with van der Waals surface area (Å²) in [7, 11) is 3.34. The van der Waals surface area contributed by atoms with E-state index in [1.54, 1.807) is 82.2 Å². The first-order valence-electron chi connectivity index (χ1n) is 12.5. The van der Waals surface area contributed by atoms with Gasteiger partial charge < -0.3 is 29.2 Å². The Morgan fingerprint density at radius 2 is 1.68 bits per heavy atom. The van der Waals surface area contributed by atoms with Gasteiger partial charge in [-0.05, 0) is 44.5 Å². The number of esters is 1. The summed E-state index contributed by atoms with van der Waals surface area (Å²) in [6.07, 6.45) is 4.04.